The molecule has 0 bridgehead atoms. The number of piperazine rings is 1. The van der Waals surface area contributed by atoms with Gasteiger partial charge in [-0.1, -0.05) is 51.8 Å². The highest BCUT2D eigenvalue weighted by molar-refractivity contribution is 9.10. The predicted molar refractivity (Wildman–Crippen MR) is 110 cm³/mol. The molecule has 0 unspecified atom stereocenters. The van der Waals surface area contributed by atoms with E-state index >= 15 is 0 Å². The third kappa shape index (κ3) is 5.19. The highest BCUT2D eigenvalue weighted by atomic mass is 79.9. The highest BCUT2D eigenvalue weighted by Gasteiger charge is 2.22. The molecule has 27 heavy (non-hydrogen) atoms. The quantitative estimate of drug-likeness (QED) is 0.706. The van der Waals surface area contributed by atoms with Crippen LogP contribution in [0.15, 0.2) is 58.7 Å². The summed E-state index contributed by atoms with van der Waals surface area (Å²) in [6, 6.07) is 14.3. The first-order valence-electron chi connectivity index (χ1n) is 8.58. The Morgan fingerprint density at radius 2 is 1.74 bits per heavy atom. The zero-order chi connectivity index (χ0) is 19.2. The molecule has 0 atom stereocenters. The Hall–Kier alpha value is -2.15. The summed E-state index contributed by atoms with van der Waals surface area (Å²) in [5.74, 6) is -0.618. The molecule has 0 saturated carbocycles. The van der Waals surface area contributed by atoms with Crippen molar-refractivity contribution < 1.29 is 9.59 Å². The van der Waals surface area contributed by atoms with E-state index in [1.807, 2.05) is 24.3 Å². The van der Waals surface area contributed by atoms with Gasteiger partial charge in [0.25, 0.3) is 11.8 Å². The Labute approximate surface area is 171 Å². The monoisotopic (exact) mass is 447 g/mol. The van der Waals surface area contributed by atoms with Crippen molar-refractivity contribution in [1.29, 1.82) is 0 Å². The van der Waals surface area contributed by atoms with E-state index in [1.54, 1.807) is 35.2 Å². The Morgan fingerprint density at radius 3 is 2.41 bits per heavy atom. The van der Waals surface area contributed by atoms with Gasteiger partial charge in [0.05, 0.1) is 10.6 Å². The molecule has 1 heterocycles. The molecule has 140 valence electrons. The molecular weight excluding hydrogens is 430 g/mol. The molecule has 1 saturated heterocycles. The summed E-state index contributed by atoms with van der Waals surface area (Å²) >= 11 is 9.51. The number of hydrogen-bond acceptors (Lipinski definition) is 3. The Balaban J connectivity index is 1.89. The molecule has 3 rings (SSSR count). The molecule has 1 aliphatic rings. The van der Waals surface area contributed by atoms with Crippen molar-refractivity contribution in [3.63, 3.8) is 0 Å². The number of carbonyl (C=O) groups is 2. The lowest BCUT2D eigenvalue weighted by molar-refractivity contribution is -0.127. The highest BCUT2D eigenvalue weighted by Crippen LogP contribution is 2.17. The van der Waals surface area contributed by atoms with E-state index in [1.165, 1.54) is 0 Å². The van der Waals surface area contributed by atoms with Crippen molar-refractivity contribution in [1.82, 2.24) is 15.5 Å². The average Bonchev–Trinajstić information content (AvgIpc) is 2.69. The Bertz CT molecular complexity index is 862. The summed E-state index contributed by atoms with van der Waals surface area (Å²) in [6.07, 6.45) is 1.69. The molecule has 0 spiro atoms. The molecule has 5 nitrogen and oxygen atoms in total. The maximum Gasteiger partial charge on any atom is 0.270 e. The number of nitrogens with zero attached hydrogens (tertiary/aromatic N) is 1. The minimum absolute atomic E-state index is 0.208. The summed E-state index contributed by atoms with van der Waals surface area (Å²) in [5, 5.41) is 6.30. The Kier molecular flexibility index (Phi) is 6.66. The summed E-state index contributed by atoms with van der Waals surface area (Å²) in [6.45, 7) is 2.66. The zero-order valence-electron chi connectivity index (χ0n) is 14.5. The molecule has 2 aromatic rings. The van der Waals surface area contributed by atoms with Gasteiger partial charge in [0.15, 0.2) is 0 Å². The topological polar surface area (TPSA) is 61.4 Å². The third-order valence-corrected chi connectivity index (χ3v) is 5.04. The molecule has 1 aliphatic heterocycles. The standard InChI is InChI=1S/C20H19BrClN3O2/c21-15-7-5-14(6-8-15)13-18(20(27)25-11-9-23-10-12-25)24-19(26)16-3-1-2-4-17(16)22/h1-8,13,23H,9-12H2,(H,24,26). The number of hydrogen-bond donors (Lipinski definition) is 2. The van der Waals surface area contributed by atoms with Crippen LogP contribution in [0, 0.1) is 0 Å². The van der Waals surface area contributed by atoms with Gasteiger partial charge in [-0.15, -0.1) is 0 Å². The van der Waals surface area contributed by atoms with Crippen molar-refractivity contribution in [3.05, 3.63) is 74.9 Å². The van der Waals surface area contributed by atoms with Crippen molar-refractivity contribution in [2.45, 2.75) is 0 Å². The lowest BCUT2D eigenvalue weighted by atomic mass is 10.1. The fourth-order valence-corrected chi connectivity index (χ4v) is 3.24. The number of amides is 2. The predicted octanol–water partition coefficient (Wildman–Crippen LogP) is 3.31. The molecule has 2 N–H and O–H groups in total. The van der Waals surface area contributed by atoms with Gasteiger partial charge in [0.2, 0.25) is 0 Å². The summed E-state index contributed by atoms with van der Waals surface area (Å²) in [5.41, 5.74) is 1.37. The van der Waals surface area contributed by atoms with E-state index in [0.29, 0.717) is 23.7 Å². The van der Waals surface area contributed by atoms with Gasteiger partial charge < -0.3 is 15.5 Å². The van der Waals surface area contributed by atoms with Crippen molar-refractivity contribution >= 4 is 45.4 Å². The Morgan fingerprint density at radius 1 is 1.07 bits per heavy atom. The van der Waals surface area contributed by atoms with Gasteiger partial charge in [0.1, 0.15) is 5.70 Å². The molecule has 0 aromatic heterocycles. The normalized spacial score (nSPS) is 14.7. The van der Waals surface area contributed by atoms with Gasteiger partial charge in [-0.25, -0.2) is 0 Å². The smallest absolute Gasteiger partial charge is 0.270 e. The van der Waals surface area contributed by atoms with Crippen LogP contribution in [0.2, 0.25) is 5.02 Å². The number of benzene rings is 2. The van der Waals surface area contributed by atoms with Gasteiger partial charge in [-0.05, 0) is 35.9 Å². The molecule has 0 radical (unpaired) electrons. The van der Waals surface area contributed by atoms with E-state index < -0.39 is 5.91 Å². The largest absolute Gasteiger partial charge is 0.335 e. The SMILES string of the molecule is O=C(NC(=Cc1ccc(Br)cc1)C(=O)N1CCNCC1)c1ccccc1Cl. The second-order valence-electron chi connectivity index (χ2n) is 6.09. The van der Waals surface area contributed by atoms with E-state index in [2.05, 4.69) is 26.6 Å². The van der Waals surface area contributed by atoms with Crippen LogP contribution < -0.4 is 10.6 Å². The average molecular weight is 449 g/mol. The number of rotatable bonds is 4. The van der Waals surface area contributed by atoms with Crippen LogP contribution in [0.25, 0.3) is 6.08 Å². The van der Waals surface area contributed by atoms with Crippen LogP contribution in [0.1, 0.15) is 15.9 Å². The van der Waals surface area contributed by atoms with Crippen LogP contribution in [0.3, 0.4) is 0 Å². The maximum atomic E-state index is 13.0. The van der Waals surface area contributed by atoms with Crippen LogP contribution >= 0.6 is 27.5 Å². The minimum atomic E-state index is -0.410. The fourth-order valence-electron chi connectivity index (χ4n) is 2.75. The third-order valence-electron chi connectivity index (χ3n) is 4.18. The van der Waals surface area contributed by atoms with Gasteiger partial charge in [-0.3, -0.25) is 9.59 Å². The first kappa shape index (κ1) is 19.6. The zero-order valence-corrected chi connectivity index (χ0v) is 16.9. The van der Waals surface area contributed by atoms with E-state index in [-0.39, 0.29) is 11.6 Å². The summed E-state index contributed by atoms with van der Waals surface area (Å²) < 4.78 is 0.940. The van der Waals surface area contributed by atoms with Crippen LogP contribution in [-0.4, -0.2) is 42.9 Å². The lowest BCUT2D eigenvalue weighted by Crippen LogP contribution is -2.48. The summed E-state index contributed by atoms with van der Waals surface area (Å²) in [7, 11) is 0. The molecule has 1 fully saturated rings. The minimum Gasteiger partial charge on any atom is -0.335 e. The maximum absolute atomic E-state index is 13.0. The molecule has 7 heteroatoms. The fraction of sp³-hybridized carbons (Fsp3) is 0.200. The second-order valence-corrected chi connectivity index (χ2v) is 7.41. The van der Waals surface area contributed by atoms with Crippen LogP contribution in [0.4, 0.5) is 0 Å². The molecule has 2 amide bonds. The number of carbonyl (C=O) groups excluding carboxylic acids is 2. The van der Waals surface area contributed by atoms with Crippen molar-refractivity contribution in [3.8, 4) is 0 Å². The second kappa shape index (κ2) is 9.17. The van der Waals surface area contributed by atoms with E-state index in [9.17, 15) is 9.59 Å². The van der Waals surface area contributed by atoms with Crippen LogP contribution in [0.5, 0.6) is 0 Å². The van der Waals surface area contributed by atoms with Gasteiger partial charge in [0, 0.05) is 30.7 Å². The molecular formula is C20H19BrClN3O2. The van der Waals surface area contributed by atoms with Crippen molar-refractivity contribution in [2.24, 2.45) is 0 Å². The molecule has 0 aliphatic carbocycles. The van der Waals surface area contributed by atoms with Gasteiger partial charge in [-0.2, -0.15) is 0 Å². The first-order valence-corrected chi connectivity index (χ1v) is 9.75. The first-order chi connectivity index (χ1) is 13.0. The van der Waals surface area contributed by atoms with Crippen molar-refractivity contribution in [2.75, 3.05) is 26.2 Å². The number of halogens is 2. The lowest BCUT2D eigenvalue weighted by Gasteiger charge is -2.28. The van der Waals surface area contributed by atoms with E-state index in [4.69, 9.17) is 11.6 Å². The van der Waals surface area contributed by atoms with E-state index in [0.717, 1.165) is 23.1 Å². The number of nitrogens with one attached hydrogen (secondary N) is 2. The summed E-state index contributed by atoms with van der Waals surface area (Å²) in [4.78, 5) is 27.4. The van der Waals surface area contributed by atoms with Crippen LogP contribution in [-0.2, 0) is 4.79 Å². The molecule has 2 aromatic carbocycles. The van der Waals surface area contributed by atoms with Gasteiger partial charge >= 0.3 is 0 Å².